The Kier molecular flexibility index (Phi) is 4.22. The maximum absolute atomic E-state index is 13.4. The Morgan fingerprint density at radius 1 is 1.26 bits per heavy atom. The molecule has 19 heavy (non-hydrogen) atoms. The summed E-state index contributed by atoms with van der Waals surface area (Å²) in [5.41, 5.74) is 1.16. The van der Waals surface area contributed by atoms with E-state index in [1.807, 2.05) is 0 Å². The predicted octanol–water partition coefficient (Wildman–Crippen LogP) is 4.80. The van der Waals surface area contributed by atoms with Crippen LogP contribution >= 0.6 is 27.5 Å². The van der Waals surface area contributed by atoms with Gasteiger partial charge in [0.25, 0.3) is 5.91 Å². The Morgan fingerprint density at radius 3 is 2.68 bits per heavy atom. The summed E-state index contributed by atoms with van der Waals surface area (Å²) in [5.74, 6) is -0.738. The summed E-state index contributed by atoms with van der Waals surface area (Å²) >= 11 is 9.30. The van der Waals surface area contributed by atoms with Gasteiger partial charge in [-0.1, -0.05) is 23.7 Å². The number of carbonyl (C=O) groups excluding carboxylic acids is 1. The van der Waals surface area contributed by atoms with E-state index in [2.05, 4.69) is 21.2 Å². The maximum atomic E-state index is 13.4. The summed E-state index contributed by atoms with van der Waals surface area (Å²) < 4.78 is 14.0. The smallest absolute Gasteiger partial charge is 0.257 e. The van der Waals surface area contributed by atoms with Gasteiger partial charge in [0.05, 0.1) is 10.6 Å². The van der Waals surface area contributed by atoms with Crippen molar-refractivity contribution >= 4 is 39.1 Å². The highest BCUT2D eigenvalue weighted by Crippen LogP contribution is 2.27. The van der Waals surface area contributed by atoms with Gasteiger partial charge in [-0.05, 0) is 47.1 Å². The fraction of sp³-hybridized carbons (Fsp3) is 0.0714. The van der Waals surface area contributed by atoms with Gasteiger partial charge in [0.2, 0.25) is 0 Å². The van der Waals surface area contributed by atoms with Crippen LogP contribution in [-0.2, 0) is 0 Å². The van der Waals surface area contributed by atoms with E-state index in [4.69, 9.17) is 11.6 Å². The minimum atomic E-state index is -0.375. The van der Waals surface area contributed by atoms with Crippen molar-refractivity contribution in [3.8, 4) is 0 Å². The van der Waals surface area contributed by atoms with Crippen LogP contribution in [0, 0.1) is 12.7 Å². The maximum Gasteiger partial charge on any atom is 0.257 e. The predicted molar refractivity (Wildman–Crippen MR) is 78.2 cm³/mol. The molecule has 1 amide bonds. The number of hydrogen-bond donors (Lipinski definition) is 1. The molecule has 0 spiro atoms. The summed E-state index contributed by atoms with van der Waals surface area (Å²) in [5, 5.41) is 2.98. The van der Waals surface area contributed by atoms with Gasteiger partial charge in [0.15, 0.2) is 0 Å². The molecule has 98 valence electrons. The Hall–Kier alpha value is -1.39. The molecule has 0 aliphatic heterocycles. The second-order valence-electron chi connectivity index (χ2n) is 3.97. The lowest BCUT2D eigenvalue weighted by Gasteiger charge is -2.10. The molecule has 0 unspecified atom stereocenters. The van der Waals surface area contributed by atoms with Crippen LogP contribution in [0.2, 0.25) is 5.02 Å². The van der Waals surface area contributed by atoms with E-state index in [9.17, 15) is 9.18 Å². The quantitative estimate of drug-likeness (QED) is 0.834. The van der Waals surface area contributed by atoms with E-state index in [0.29, 0.717) is 26.3 Å². The van der Waals surface area contributed by atoms with E-state index in [1.165, 1.54) is 6.07 Å². The number of rotatable bonds is 2. The van der Waals surface area contributed by atoms with Gasteiger partial charge in [0, 0.05) is 15.7 Å². The number of hydrogen-bond acceptors (Lipinski definition) is 1. The minimum Gasteiger partial charge on any atom is -0.322 e. The molecule has 0 fully saturated rings. The lowest BCUT2D eigenvalue weighted by molar-refractivity contribution is 0.102. The van der Waals surface area contributed by atoms with Gasteiger partial charge >= 0.3 is 0 Å². The first kappa shape index (κ1) is 14.0. The number of carbonyl (C=O) groups is 1. The van der Waals surface area contributed by atoms with E-state index in [1.54, 1.807) is 37.3 Å². The summed E-state index contributed by atoms with van der Waals surface area (Å²) in [6.45, 7) is 1.60. The van der Waals surface area contributed by atoms with Crippen LogP contribution < -0.4 is 5.32 Å². The van der Waals surface area contributed by atoms with Crippen molar-refractivity contribution in [1.82, 2.24) is 0 Å². The third-order valence-electron chi connectivity index (χ3n) is 2.71. The van der Waals surface area contributed by atoms with Crippen LogP contribution in [0.3, 0.4) is 0 Å². The number of benzene rings is 2. The number of anilines is 1. The van der Waals surface area contributed by atoms with Crippen LogP contribution in [0.25, 0.3) is 0 Å². The Balaban J connectivity index is 2.31. The first-order valence-corrected chi connectivity index (χ1v) is 6.68. The molecule has 2 aromatic carbocycles. The van der Waals surface area contributed by atoms with Crippen molar-refractivity contribution in [3.63, 3.8) is 0 Å². The van der Waals surface area contributed by atoms with Crippen LogP contribution in [0.15, 0.2) is 40.9 Å². The highest BCUT2D eigenvalue weighted by atomic mass is 79.9. The summed E-state index contributed by atoms with van der Waals surface area (Å²) in [4.78, 5) is 12.1. The summed E-state index contributed by atoms with van der Waals surface area (Å²) in [7, 11) is 0. The molecule has 0 saturated carbocycles. The zero-order valence-electron chi connectivity index (χ0n) is 10.0. The van der Waals surface area contributed by atoms with E-state index >= 15 is 0 Å². The van der Waals surface area contributed by atoms with Crippen molar-refractivity contribution in [2.24, 2.45) is 0 Å². The largest absolute Gasteiger partial charge is 0.322 e. The van der Waals surface area contributed by atoms with Crippen molar-refractivity contribution in [2.45, 2.75) is 6.92 Å². The molecule has 0 saturated heterocycles. The second-order valence-corrected chi connectivity index (χ2v) is 5.20. The van der Waals surface area contributed by atoms with Crippen molar-refractivity contribution in [2.75, 3.05) is 5.32 Å². The van der Waals surface area contributed by atoms with Gasteiger partial charge in [-0.3, -0.25) is 4.79 Å². The average molecular weight is 343 g/mol. The van der Waals surface area contributed by atoms with Gasteiger partial charge < -0.3 is 5.32 Å². The Morgan fingerprint density at radius 2 is 1.95 bits per heavy atom. The molecule has 2 rings (SSSR count). The van der Waals surface area contributed by atoms with Gasteiger partial charge in [-0.15, -0.1) is 0 Å². The monoisotopic (exact) mass is 341 g/mol. The second kappa shape index (κ2) is 5.72. The molecule has 2 nitrogen and oxygen atoms in total. The molecule has 0 radical (unpaired) electrons. The van der Waals surface area contributed by atoms with Crippen molar-refractivity contribution < 1.29 is 9.18 Å². The van der Waals surface area contributed by atoms with E-state index < -0.39 is 0 Å². The van der Waals surface area contributed by atoms with Crippen molar-refractivity contribution in [3.05, 3.63) is 62.8 Å². The molecule has 5 heteroatoms. The number of halogens is 3. The van der Waals surface area contributed by atoms with E-state index in [-0.39, 0.29) is 11.7 Å². The van der Waals surface area contributed by atoms with Crippen LogP contribution in [0.5, 0.6) is 0 Å². The Labute approximate surface area is 123 Å². The number of nitrogens with one attached hydrogen (secondary N) is 1. The molecule has 0 bridgehead atoms. The van der Waals surface area contributed by atoms with Crippen LogP contribution in [0.4, 0.5) is 10.1 Å². The molecule has 0 atom stereocenters. The molecular weight excluding hydrogens is 333 g/mol. The average Bonchev–Trinajstić information content (AvgIpc) is 2.38. The van der Waals surface area contributed by atoms with Gasteiger partial charge in [-0.2, -0.15) is 0 Å². The zero-order valence-corrected chi connectivity index (χ0v) is 12.3. The fourth-order valence-electron chi connectivity index (χ4n) is 1.61. The third-order valence-corrected chi connectivity index (χ3v) is 4.01. The topological polar surface area (TPSA) is 29.1 Å². The SMILES string of the molecule is Cc1c(F)cccc1NC(=O)c1cccc(Br)c1Cl. The molecule has 0 heterocycles. The number of amides is 1. The summed E-state index contributed by atoms with van der Waals surface area (Å²) in [6, 6.07) is 9.59. The van der Waals surface area contributed by atoms with Crippen LogP contribution in [-0.4, -0.2) is 5.91 Å². The van der Waals surface area contributed by atoms with Gasteiger partial charge in [0.1, 0.15) is 5.82 Å². The first-order chi connectivity index (χ1) is 9.00. The molecule has 0 aliphatic rings. The zero-order chi connectivity index (χ0) is 14.0. The standard InChI is InChI=1S/C14H10BrClFNO/c1-8-11(17)6-3-7-12(8)18-14(19)9-4-2-5-10(15)13(9)16/h2-7H,1H3,(H,18,19). The molecule has 0 aromatic heterocycles. The van der Waals surface area contributed by atoms with E-state index in [0.717, 1.165) is 0 Å². The van der Waals surface area contributed by atoms with Gasteiger partial charge in [-0.25, -0.2) is 4.39 Å². The highest BCUT2D eigenvalue weighted by molar-refractivity contribution is 9.10. The molecule has 2 aromatic rings. The molecular formula is C14H10BrClFNO. The molecule has 1 N–H and O–H groups in total. The normalized spacial score (nSPS) is 10.3. The fourth-order valence-corrected chi connectivity index (χ4v) is 2.19. The summed E-state index contributed by atoms with van der Waals surface area (Å²) in [6.07, 6.45) is 0. The van der Waals surface area contributed by atoms with Crippen molar-refractivity contribution in [1.29, 1.82) is 0 Å². The third kappa shape index (κ3) is 2.96. The van der Waals surface area contributed by atoms with Crippen LogP contribution in [0.1, 0.15) is 15.9 Å². The lowest BCUT2D eigenvalue weighted by atomic mass is 10.1. The highest BCUT2D eigenvalue weighted by Gasteiger charge is 2.14. The Bertz CT molecular complexity index is 645. The minimum absolute atomic E-state index is 0.328. The molecule has 0 aliphatic carbocycles. The lowest BCUT2D eigenvalue weighted by Crippen LogP contribution is -2.13. The first-order valence-electron chi connectivity index (χ1n) is 5.51.